The zero-order valence-electron chi connectivity index (χ0n) is 9.05. The van der Waals surface area contributed by atoms with E-state index in [1.54, 1.807) is 0 Å². The van der Waals surface area contributed by atoms with Gasteiger partial charge in [-0.2, -0.15) is 13.2 Å². The second-order valence-electron chi connectivity index (χ2n) is 3.89. The Kier molecular flexibility index (Phi) is 3.14. The van der Waals surface area contributed by atoms with Crippen molar-refractivity contribution in [3.63, 3.8) is 0 Å². The van der Waals surface area contributed by atoms with Gasteiger partial charge in [-0.3, -0.25) is 0 Å². The molecule has 0 unspecified atom stereocenters. The van der Waals surface area contributed by atoms with Crippen LogP contribution < -0.4 is 5.32 Å². The molecule has 1 N–H and O–H groups in total. The van der Waals surface area contributed by atoms with Gasteiger partial charge >= 0.3 is 12.3 Å². The number of halogens is 4. The summed E-state index contributed by atoms with van der Waals surface area (Å²) in [5, 5.41) is 2.34. The van der Waals surface area contributed by atoms with Gasteiger partial charge in [0.1, 0.15) is 5.82 Å². The molecule has 1 heterocycles. The minimum Gasteiger partial charge on any atom is -0.449 e. The predicted molar refractivity (Wildman–Crippen MR) is 53.2 cm³/mol. The Morgan fingerprint density at radius 2 is 2.00 bits per heavy atom. The van der Waals surface area contributed by atoms with Crippen molar-refractivity contribution in [1.29, 1.82) is 0 Å². The molecule has 1 aromatic rings. The van der Waals surface area contributed by atoms with E-state index in [2.05, 4.69) is 10.1 Å². The highest BCUT2D eigenvalue weighted by molar-refractivity contribution is 5.68. The van der Waals surface area contributed by atoms with Crippen LogP contribution in [0.3, 0.4) is 0 Å². The average molecular weight is 263 g/mol. The van der Waals surface area contributed by atoms with E-state index in [4.69, 9.17) is 0 Å². The predicted octanol–water partition coefficient (Wildman–Crippen LogP) is 3.02. The number of nitrogens with one attached hydrogen (secondary N) is 1. The number of benzene rings is 1. The normalized spacial score (nSPS) is 20.2. The van der Waals surface area contributed by atoms with Crippen LogP contribution in [0.15, 0.2) is 18.2 Å². The van der Waals surface area contributed by atoms with Crippen LogP contribution in [0.4, 0.5) is 22.4 Å². The highest BCUT2D eigenvalue weighted by atomic mass is 19.4. The Hall–Kier alpha value is -1.79. The smallest absolute Gasteiger partial charge is 0.416 e. The van der Waals surface area contributed by atoms with E-state index in [0.717, 1.165) is 12.1 Å². The van der Waals surface area contributed by atoms with Gasteiger partial charge < -0.3 is 10.1 Å². The molecule has 1 fully saturated rings. The van der Waals surface area contributed by atoms with Crippen LogP contribution in [-0.2, 0) is 10.9 Å². The molecule has 7 heteroatoms. The Labute approximate surface area is 99.7 Å². The zero-order valence-corrected chi connectivity index (χ0v) is 9.05. The number of amides is 1. The summed E-state index contributed by atoms with van der Waals surface area (Å²) in [6.07, 6.45) is -5.04. The van der Waals surface area contributed by atoms with Crippen molar-refractivity contribution in [3.8, 4) is 0 Å². The van der Waals surface area contributed by atoms with E-state index < -0.39 is 29.7 Å². The number of rotatable bonds is 1. The second-order valence-corrected chi connectivity index (χ2v) is 3.89. The molecule has 3 nitrogen and oxygen atoms in total. The molecular formula is C11H9F4NO2. The maximum atomic E-state index is 13.2. The number of carbonyl (C=O) groups excluding carboxylic acids is 1. The van der Waals surface area contributed by atoms with E-state index in [9.17, 15) is 22.4 Å². The van der Waals surface area contributed by atoms with Crippen molar-refractivity contribution >= 4 is 6.09 Å². The van der Waals surface area contributed by atoms with Gasteiger partial charge in [-0.15, -0.1) is 0 Å². The molecule has 98 valence electrons. The Morgan fingerprint density at radius 3 is 2.61 bits per heavy atom. The number of ether oxygens (including phenoxy) is 1. The van der Waals surface area contributed by atoms with Gasteiger partial charge in [-0.25, -0.2) is 9.18 Å². The third kappa shape index (κ3) is 2.72. The molecule has 0 radical (unpaired) electrons. The van der Waals surface area contributed by atoms with E-state index in [0.29, 0.717) is 12.5 Å². The first-order valence-electron chi connectivity index (χ1n) is 5.17. The summed E-state index contributed by atoms with van der Waals surface area (Å²) in [5.74, 6) is -0.986. The first-order valence-corrected chi connectivity index (χ1v) is 5.17. The summed E-state index contributed by atoms with van der Waals surface area (Å²) in [7, 11) is 0. The molecule has 1 aliphatic heterocycles. The summed E-state index contributed by atoms with van der Waals surface area (Å²) in [6.45, 7) is 0.0916. The molecule has 0 aromatic heterocycles. The van der Waals surface area contributed by atoms with Crippen molar-refractivity contribution in [2.45, 2.75) is 18.6 Å². The lowest BCUT2D eigenvalue weighted by atomic mass is 10.0. The standard InChI is InChI=1S/C11H9F4NO2/c12-8-4-6(3-7(5-8)11(13,14)15)9-1-2-18-10(17)16-9/h3-5,9H,1-2H2,(H,16,17)/t9-/m0/s1. The quantitative estimate of drug-likeness (QED) is 0.791. The molecule has 1 aliphatic rings. The van der Waals surface area contributed by atoms with Crippen LogP contribution in [-0.4, -0.2) is 12.7 Å². The van der Waals surface area contributed by atoms with Gasteiger partial charge in [-0.1, -0.05) is 0 Å². The summed E-state index contributed by atoms with van der Waals surface area (Å²) >= 11 is 0. The first kappa shape index (κ1) is 12.7. The lowest BCUT2D eigenvalue weighted by Gasteiger charge is -2.24. The van der Waals surface area contributed by atoms with E-state index in [1.165, 1.54) is 0 Å². The fourth-order valence-corrected chi connectivity index (χ4v) is 1.75. The minimum absolute atomic E-state index is 0.0824. The summed E-state index contributed by atoms with van der Waals surface area (Å²) in [6, 6.07) is 1.57. The van der Waals surface area contributed by atoms with Gasteiger partial charge in [0, 0.05) is 6.42 Å². The molecule has 1 amide bonds. The van der Waals surface area contributed by atoms with Gasteiger partial charge in [0.25, 0.3) is 0 Å². The van der Waals surface area contributed by atoms with Crippen LogP contribution in [0.25, 0.3) is 0 Å². The Balaban J connectivity index is 2.33. The van der Waals surface area contributed by atoms with E-state index >= 15 is 0 Å². The van der Waals surface area contributed by atoms with Crippen LogP contribution >= 0.6 is 0 Å². The molecule has 18 heavy (non-hydrogen) atoms. The average Bonchev–Trinajstić information content (AvgIpc) is 2.27. The van der Waals surface area contributed by atoms with Gasteiger partial charge in [0.15, 0.2) is 0 Å². The lowest BCUT2D eigenvalue weighted by Crippen LogP contribution is -2.35. The van der Waals surface area contributed by atoms with E-state index in [-0.39, 0.29) is 12.2 Å². The fraction of sp³-hybridized carbons (Fsp3) is 0.364. The molecule has 0 spiro atoms. The summed E-state index contributed by atoms with van der Waals surface area (Å²) in [5.41, 5.74) is -0.989. The van der Waals surface area contributed by atoms with Gasteiger partial charge in [0.05, 0.1) is 18.2 Å². The van der Waals surface area contributed by atoms with Crippen molar-refractivity contribution in [2.24, 2.45) is 0 Å². The molecule has 0 aliphatic carbocycles. The zero-order chi connectivity index (χ0) is 13.3. The van der Waals surface area contributed by atoms with Gasteiger partial charge in [0.2, 0.25) is 0 Å². The van der Waals surface area contributed by atoms with Crippen LogP contribution in [0.2, 0.25) is 0 Å². The number of cyclic esters (lactones) is 1. The minimum atomic E-state index is -4.62. The molecular weight excluding hydrogens is 254 g/mol. The molecule has 1 aromatic carbocycles. The second kappa shape index (κ2) is 4.47. The largest absolute Gasteiger partial charge is 0.449 e. The van der Waals surface area contributed by atoms with Crippen molar-refractivity contribution in [2.75, 3.05) is 6.61 Å². The fourth-order valence-electron chi connectivity index (χ4n) is 1.75. The summed E-state index contributed by atoms with van der Waals surface area (Å²) in [4.78, 5) is 11.0. The molecule has 1 atom stereocenters. The van der Waals surface area contributed by atoms with Crippen LogP contribution in [0.5, 0.6) is 0 Å². The number of hydrogen-bond donors (Lipinski definition) is 1. The molecule has 0 bridgehead atoms. The van der Waals surface area contributed by atoms with Crippen molar-refractivity contribution in [1.82, 2.24) is 5.32 Å². The maximum absolute atomic E-state index is 13.2. The molecule has 2 rings (SSSR count). The number of hydrogen-bond acceptors (Lipinski definition) is 2. The van der Waals surface area contributed by atoms with Crippen LogP contribution in [0, 0.1) is 5.82 Å². The maximum Gasteiger partial charge on any atom is 0.416 e. The Bertz CT molecular complexity index is 473. The van der Waals surface area contributed by atoms with Crippen molar-refractivity contribution in [3.05, 3.63) is 35.1 Å². The van der Waals surface area contributed by atoms with Crippen LogP contribution in [0.1, 0.15) is 23.6 Å². The third-order valence-electron chi connectivity index (χ3n) is 2.58. The highest BCUT2D eigenvalue weighted by Gasteiger charge is 2.32. The lowest BCUT2D eigenvalue weighted by molar-refractivity contribution is -0.137. The molecule has 0 saturated carbocycles. The Morgan fingerprint density at radius 1 is 1.28 bits per heavy atom. The monoisotopic (exact) mass is 263 g/mol. The number of carbonyl (C=O) groups is 1. The van der Waals surface area contributed by atoms with Crippen molar-refractivity contribution < 1.29 is 27.1 Å². The number of alkyl carbamates (subject to hydrolysis) is 1. The SMILES string of the molecule is O=C1N[C@H](c2cc(F)cc(C(F)(F)F)c2)CCO1. The number of alkyl halides is 3. The van der Waals surface area contributed by atoms with E-state index in [1.807, 2.05) is 0 Å². The first-order chi connectivity index (χ1) is 8.36. The van der Waals surface area contributed by atoms with Gasteiger partial charge in [-0.05, 0) is 23.8 Å². The summed E-state index contributed by atoms with van der Waals surface area (Å²) < 4.78 is 55.3. The topological polar surface area (TPSA) is 38.3 Å². The third-order valence-corrected chi connectivity index (χ3v) is 2.58. The highest BCUT2D eigenvalue weighted by Crippen LogP contribution is 2.32. The molecule has 1 saturated heterocycles.